The lowest BCUT2D eigenvalue weighted by Gasteiger charge is -2.10. The Labute approximate surface area is 302 Å². The minimum atomic E-state index is 1.17. The maximum atomic E-state index is 2.48. The molecule has 0 fully saturated rings. The zero-order chi connectivity index (χ0) is 33.9. The lowest BCUT2D eigenvalue weighted by atomic mass is 10.1. The Hall–Kier alpha value is -6.62. The number of hydrogen-bond acceptors (Lipinski definition) is 1. The fourth-order valence-corrected chi connectivity index (χ4v) is 10.1. The number of fused-ring (bicyclic) bond motifs is 13. The number of hydrogen-bond donors (Lipinski definition) is 0. The molecule has 3 nitrogen and oxygen atoms in total. The van der Waals surface area contributed by atoms with Gasteiger partial charge in [0.05, 0.1) is 37.8 Å². The molecule has 0 spiro atoms. The van der Waals surface area contributed by atoms with Gasteiger partial charge in [0.15, 0.2) is 0 Å². The van der Waals surface area contributed by atoms with E-state index in [1.807, 2.05) is 11.3 Å². The highest BCUT2D eigenvalue weighted by Crippen LogP contribution is 2.45. The van der Waals surface area contributed by atoms with Crippen molar-refractivity contribution in [1.82, 2.24) is 13.7 Å². The molecule has 12 aromatic rings. The molecule has 0 aliphatic rings. The van der Waals surface area contributed by atoms with Gasteiger partial charge in [-0.15, -0.1) is 11.3 Å². The standard InChI is InChI=1S/C48H29N3S/c1-2-12-30(13-3-1)51-45-26-22-31(49-41-18-8-4-14-33(41)34-15-5-9-19-42(34)49)28-39(45)37-24-25-38-40-29-32(23-27-46(40)52-48(38)47(37)51)50-43-20-10-6-16-35(43)36-17-7-11-21-44(36)50/h1-29H. The summed E-state index contributed by atoms with van der Waals surface area (Å²) < 4.78 is 9.92. The molecule has 4 aromatic heterocycles. The molecule has 242 valence electrons. The van der Waals surface area contributed by atoms with Crippen LogP contribution in [0.4, 0.5) is 0 Å². The Morgan fingerprint density at radius 3 is 1.33 bits per heavy atom. The van der Waals surface area contributed by atoms with Crippen molar-refractivity contribution in [3.8, 4) is 17.1 Å². The average molecular weight is 680 g/mol. The molecular formula is C48H29N3S. The summed E-state index contributed by atoms with van der Waals surface area (Å²) in [4.78, 5) is 0. The van der Waals surface area contributed by atoms with Gasteiger partial charge in [-0.1, -0.05) is 103 Å². The number of thiophene rings is 1. The van der Waals surface area contributed by atoms with Gasteiger partial charge in [0.2, 0.25) is 0 Å². The molecular weight excluding hydrogens is 651 g/mol. The van der Waals surface area contributed by atoms with E-state index in [4.69, 9.17) is 0 Å². The van der Waals surface area contributed by atoms with Crippen LogP contribution in [0.15, 0.2) is 176 Å². The minimum absolute atomic E-state index is 1.17. The molecule has 0 bridgehead atoms. The van der Waals surface area contributed by atoms with Crippen molar-refractivity contribution in [3.05, 3.63) is 176 Å². The summed E-state index contributed by atoms with van der Waals surface area (Å²) in [7, 11) is 0. The first-order chi connectivity index (χ1) is 25.8. The number of para-hydroxylation sites is 5. The molecule has 4 heteroatoms. The highest BCUT2D eigenvalue weighted by molar-refractivity contribution is 7.26. The second-order valence-electron chi connectivity index (χ2n) is 13.7. The predicted molar refractivity (Wildman–Crippen MR) is 222 cm³/mol. The Morgan fingerprint density at radius 2 is 0.750 bits per heavy atom. The second kappa shape index (κ2) is 10.5. The second-order valence-corrected chi connectivity index (χ2v) is 14.8. The molecule has 0 N–H and O–H groups in total. The van der Waals surface area contributed by atoms with Gasteiger partial charge in [0, 0.05) is 64.9 Å². The zero-order valence-corrected chi connectivity index (χ0v) is 28.8. The van der Waals surface area contributed by atoms with Crippen molar-refractivity contribution >= 4 is 96.9 Å². The molecule has 0 aliphatic heterocycles. The summed E-state index contributed by atoms with van der Waals surface area (Å²) >= 11 is 1.90. The molecule has 0 saturated carbocycles. The summed E-state index contributed by atoms with van der Waals surface area (Å²) in [5, 5.41) is 10.2. The van der Waals surface area contributed by atoms with E-state index < -0.39 is 0 Å². The van der Waals surface area contributed by atoms with Gasteiger partial charge in [-0.25, -0.2) is 0 Å². The van der Waals surface area contributed by atoms with Crippen LogP contribution in [0.1, 0.15) is 0 Å². The highest BCUT2D eigenvalue weighted by atomic mass is 32.1. The fourth-order valence-electron chi connectivity index (χ4n) is 8.83. The molecule has 0 radical (unpaired) electrons. The summed E-state index contributed by atoms with van der Waals surface area (Å²) in [5.41, 5.74) is 10.9. The smallest absolute Gasteiger partial charge is 0.0719 e. The Balaban J connectivity index is 1.15. The van der Waals surface area contributed by atoms with E-state index in [1.165, 1.54) is 103 Å². The van der Waals surface area contributed by atoms with Crippen LogP contribution >= 0.6 is 11.3 Å². The van der Waals surface area contributed by atoms with Crippen LogP contribution in [0.25, 0.3) is 103 Å². The van der Waals surface area contributed by atoms with Crippen molar-refractivity contribution in [2.24, 2.45) is 0 Å². The molecule has 0 aliphatic carbocycles. The van der Waals surface area contributed by atoms with Gasteiger partial charge >= 0.3 is 0 Å². The van der Waals surface area contributed by atoms with Gasteiger partial charge in [-0.3, -0.25) is 0 Å². The predicted octanol–water partition coefficient (Wildman–Crippen LogP) is 13.3. The highest BCUT2D eigenvalue weighted by Gasteiger charge is 2.20. The summed E-state index contributed by atoms with van der Waals surface area (Å²) in [5.74, 6) is 0. The normalized spacial score (nSPS) is 12.2. The summed E-state index contributed by atoms with van der Waals surface area (Å²) in [6.07, 6.45) is 0. The van der Waals surface area contributed by atoms with Crippen molar-refractivity contribution < 1.29 is 0 Å². The average Bonchev–Trinajstić information content (AvgIpc) is 3.94. The Bertz CT molecular complexity index is 3300. The largest absolute Gasteiger partial charge is 0.309 e. The lowest BCUT2D eigenvalue weighted by Crippen LogP contribution is -1.95. The maximum Gasteiger partial charge on any atom is 0.0719 e. The number of nitrogens with zero attached hydrogens (tertiary/aromatic N) is 3. The minimum Gasteiger partial charge on any atom is -0.309 e. The zero-order valence-electron chi connectivity index (χ0n) is 28.0. The van der Waals surface area contributed by atoms with E-state index in [0.29, 0.717) is 0 Å². The number of benzene rings is 8. The SMILES string of the molecule is c1ccc(-n2c3ccc(-n4c5ccccc5c5ccccc54)cc3c3ccc4c5cc(-n6c7ccccc7c7ccccc76)ccc5sc4c32)cc1. The van der Waals surface area contributed by atoms with E-state index in [1.54, 1.807) is 0 Å². The molecule has 12 rings (SSSR count). The first-order valence-electron chi connectivity index (χ1n) is 17.8. The van der Waals surface area contributed by atoms with E-state index in [0.717, 1.165) is 0 Å². The van der Waals surface area contributed by atoms with Gasteiger partial charge in [0.1, 0.15) is 0 Å². The third kappa shape index (κ3) is 3.74. The topological polar surface area (TPSA) is 14.8 Å². The summed E-state index contributed by atoms with van der Waals surface area (Å²) in [6, 6.07) is 64.6. The third-order valence-corrected chi connectivity index (χ3v) is 12.2. The van der Waals surface area contributed by atoms with Crippen LogP contribution < -0.4 is 0 Å². The van der Waals surface area contributed by atoms with Crippen LogP contribution in [0, 0.1) is 0 Å². The van der Waals surface area contributed by atoms with Crippen molar-refractivity contribution in [2.45, 2.75) is 0 Å². The first kappa shape index (κ1) is 28.1. The Morgan fingerprint density at radius 1 is 0.288 bits per heavy atom. The van der Waals surface area contributed by atoms with Crippen LogP contribution in [0.2, 0.25) is 0 Å². The van der Waals surface area contributed by atoms with Gasteiger partial charge < -0.3 is 13.7 Å². The maximum absolute atomic E-state index is 2.48. The van der Waals surface area contributed by atoms with Gasteiger partial charge in [0.25, 0.3) is 0 Å². The molecule has 0 amide bonds. The third-order valence-electron chi connectivity index (χ3n) is 11.0. The Kier molecular flexibility index (Phi) is 5.65. The van der Waals surface area contributed by atoms with Gasteiger partial charge in [-0.05, 0) is 72.8 Å². The monoisotopic (exact) mass is 679 g/mol. The summed E-state index contributed by atoms with van der Waals surface area (Å²) in [6.45, 7) is 0. The molecule has 0 saturated heterocycles. The quantitative estimate of drug-likeness (QED) is 0.177. The number of aromatic nitrogens is 3. The molecule has 52 heavy (non-hydrogen) atoms. The van der Waals surface area contributed by atoms with Crippen molar-refractivity contribution in [3.63, 3.8) is 0 Å². The molecule has 8 aromatic carbocycles. The lowest BCUT2D eigenvalue weighted by molar-refractivity contribution is 1.17. The van der Waals surface area contributed by atoms with Crippen LogP contribution in [0.3, 0.4) is 0 Å². The van der Waals surface area contributed by atoms with Crippen LogP contribution in [0.5, 0.6) is 0 Å². The van der Waals surface area contributed by atoms with Crippen LogP contribution in [-0.4, -0.2) is 13.7 Å². The molecule has 0 atom stereocenters. The van der Waals surface area contributed by atoms with E-state index in [9.17, 15) is 0 Å². The molecule has 0 unspecified atom stereocenters. The van der Waals surface area contributed by atoms with Gasteiger partial charge in [-0.2, -0.15) is 0 Å². The fraction of sp³-hybridized carbons (Fsp3) is 0. The van der Waals surface area contributed by atoms with Crippen molar-refractivity contribution in [2.75, 3.05) is 0 Å². The van der Waals surface area contributed by atoms with E-state index in [-0.39, 0.29) is 0 Å². The first-order valence-corrected chi connectivity index (χ1v) is 18.6. The van der Waals surface area contributed by atoms with E-state index in [2.05, 4.69) is 190 Å². The number of rotatable bonds is 3. The van der Waals surface area contributed by atoms with Crippen LogP contribution in [-0.2, 0) is 0 Å². The molecule has 4 heterocycles. The van der Waals surface area contributed by atoms with Crippen molar-refractivity contribution in [1.29, 1.82) is 0 Å². The van der Waals surface area contributed by atoms with E-state index >= 15 is 0 Å².